The molecule has 3 fully saturated rings. The van der Waals surface area contributed by atoms with Gasteiger partial charge in [-0.1, -0.05) is 6.07 Å². The highest BCUT2D eigenvalue weighted by Gasteiger charge is 2.73. The minimum absolute atomic E-state index is 0.187. The summed E-state index contributed by atoms with van der Waals surface area (Å²) in [5.41, 5.74) is 2.14. The fraction of sp³-hybridized carbons (Fsp3) is 0.579. The van der Waals surface area contributed by atoms with Crippen LogP contribution in [0.2, 0.25) is 0 Å². The van der Waals surface area contributed by atoms with Gasteiger partial charge < -0.3 is 15.0 Å². The molecular formula is C19H24N4O. The lowest BCUT2D eigenvalue weighted by atomic mass is 9.38. The number of nitrogens with zero attached hydrogens (tertiary/aromatic N) is 2. The molecule has 1 spiro atoms. The second-order valence-corrected chi connectivity index (χ2v) is 8.34. The third-order valence-electron chi connectivity index (χ3n) is 6.79. The van der Waals surface area contributed by atoms with Crippen molar-refractivity contribution in [3.05, 3.63) is 35.9 Å². The number of pyridine rings is 1. The van der Waals surface area contributed by atoms with Crippen LogP contribution in [0.5, 0.6) is 0 Å². The van der Waals surface area contributed by atoms with Gasteiger partial charge in [-0.15, -0.1) is 0 Å². The normalized spacial score (nSPS) is 33.7. The molecule has 0 aromatic carbocycles. The first-order chi connectivity index (χ1) is 11.4. The zero-order valence-corrected chi connectivity index (χ0v) is 14.5. The quantitative estimate of drug-likeness (QED) is 0.908. The predicted molar refractivity (Wildman–Crippen MR) is 91.5 cm³/mol. The summed E-state index contributed by atoms with van der Waals surface area (Å²) in [6.07, 6.45) is 6.36. The first kappa shape index (κ1) is 14.5. The maximum absolute atomic E-state index is 12.9. The molecule has 1 aliphatic heterocycles. The van der Waals surface area contributed by atoms with Crippen LogP contribution in [0.25, 0.3) is 5.52 Å². The number of aromatic nitrogens is 2. The van der Waals surface area contributed by atoms with Crippen molar-refractivity contribution in [3.63, 3.8) is 0 Å². The van der Waals surface area contributed by atoms with Crippen molar-refractivity contribution in [3.8, 4) is 0 Å². The molecule has 2 aromatic heterocycles. The van der Waals surface area contributed by atoms with Gasteiger partial charge in [0.25, 0.3) is 0 Å². The standard InChI is InChI=1S/C19H24N4O/c1-11-5-4-8-23-14(11)10-20-17(23)18(2,3)22-16(24)15-12-6-7-19(12)13(15)9-21-19/h4-5,8,10,12-13,15,21H,6-7,9H2,1-3H3,(H,22,24). The Morgan fingerprint density at radius 2 is 2.29 bits per heavy atom. The van der Waals surface area contributed by atoms with Crippen molar-refractivity contribution < 1.29 is 4.79 Å². The van der Waals surface area contributed by atoms with Crippen LogP contribution in [0.4, 0.5) is 0 Å². The Morgan fingerprint density at radius 1 is 1.46 bits per heavy atom. The number of hydrogen-bond donors (Lipinski definition) is 2. The Morgan fingerprint density at radius 3 is 2.92 bits per heavy atom. The van der Waals surface area contributed by atoms with Crippen LogP contribution in [-0.2, 0) is 10.3 Å². The lowest BCUT2D eigenvalue weighted by molar-refractivity contribution is -0.210. The van der Waals surface area contributed by atoms with E-state index < -0.39 is 5.54 Å². The van der Waals surface area contributed by atoms with Gasteiger partial charge in [0.1, 0.15) is 5.82 Å². The van der Waals surface area contributed by atoms with Crippen LogP contribution < -0.4 is 10.6 Å². The molecule has 0 bridgehead atoms. The van der Waals surface area contributed by atoms with Gasteiger partial charge in [0.05, 0.1) is 17.3 Å². The van der Waals surface area contributed by atoms with Gasteiger partial charge in [0.2, 0.25) is 5.91 Å². The molecule has 5 heteroatoms. The molecule has 2 N–H and O–H groups in total. The summed E-state index contributed by atoms with van der Waals surface area (Å²) in [7, 11) is 0. The summed E-state index contributed by atoms with van der Waals surface area (Å²) >= 11 is 0. The minimum atomic E-state index is -0.490. The van der Waals surface area contributed by atoms with Gasteiger partial charge in [-0.25, -0.2) is 4.98 Å². The highest BCUT2D eigenvalue weighted by Crippen LogP contribution is 2.65. The Balaban J connectivity index is 1.41. The van der Waals surface area contributed by atoms with Crippen LogP contribution >= 0.6 is 0 Å². The van der Waals surface area contributed by atoms with Crippen LogP contribution in [0.15, 0.2) is 24.5 Å². The Labute approximate surface area is 141 Å². The molecule has 0 radical (unpaired) electrons. The van der Waals surface area contributed by atoms with Crippen LogP contribution in [0.3, 0.4) is 0 Å². The number of carbonyl (C=O) groups is 1. The van der Waals surface area contributed by atoms with E-state index >= 15 is 0 Å². The van der Waals surface area contributed by atoms with E-state index in [1.807, 2.05) is 32.3 Å². The molecule has 5 nitrogen and oxygen atoms in total. The molecule has 2 saturated carbocycles. The van der Waals surface area contributed by atoms with E-state index in [4.69, 9.17) is 0 Å². The van der Waals surface area contributed by atoms with Crippen molar-refractivity contribution in [2.45, 2.75) is 44.7 Å². The summed E-state index contributed by atoms with van der Waals surface area (Å²) in [5.74, 6) is 2.38. The monoisotopic (exact) mass is 324 g/mol. The van der Waals surface area contributed by atoms with Gasteiger partial charge in [-0.05, 0) is 51.2 Å². The Bertz CT molecular complexity index is 834. The highest BCUT2D eigenvalue weighted by atomic mass is 16.2. The molecule has 2 aliphatic carbocycles. The molecule has 126 valence electrons. The number of imidazole rings is 1. The molecule has 1 saturated heterocycles. The topological polar surface area (TPSA) is 58.4 Å². The average Bonchev–Trinajstić information content (AvgIpc) is 2.90. The average molecular weight is 324 g/mol. The van der Waals surface area contributed by atoms with E-state index in [2.05, 4.69) is 33.0 Å². The molecule has 5 rings (SSSR count). The van der Waals surface area contributed by atoms with E-state index in [0.29, 0.717) is 17.4 Å². The van der Waals surface area contributed by atoms with E-state index in [9.17, 15) is 4.79 Å². The lowest BCUT2D eigenvalue weighted by Crippen LogP contribution is -2.86. The first-order valence-corrected chi connectivity index (χ1v) is 8.94. The zero-order valence-electron chi connectivity index (χ0n) is 14.5. The lowest BCUT2D eigenvalue weighted by Gasteiger charge is -2.75. The van der Waals surface area contributed by atoms with Crippen LogP contribution in [0, 0.1) is 24.7 Å². The summed E-state index contributed by atoms with van der Waals surface area (Å²) in [5, 5.41) is 6.86. The van der Waals surface area contributed by atoms with Crippen LogP contribution in [0.1, 0.15) is 38.1 Å². The van der Waals surface area contributed by atoms with Crippen molar-refractivity contribution in [1.29, 1.82) is 0 Å². The van der Waals surface area contributed by atoms with Crippen molar-refractivity contribution in [2.75, 3.05) is 6.54 Å². The largest absolute Gasteiger partial charge is 0.344 e. The summed E-state index contributed by atoms with van der Waals surface area (Å²) in [6, 6.07) is 4.11. The van der Waals surface area contributed by atoms with Gasteiger partial charge in [-0.2, -0.15) is 0 Å². The third-order valence-corrected chi connectivity index (χ3v) is 6.79. The number of amides is 1. The van der Waals surface area contributed by atoms with Gasteiger partial charge in [0.15, 0.2) is 0 Å². The van der Waals surface area contributed by atoms with E-state index in [1.165, 1.54) is 18.4 Å². The molecule has 24 heavy (non-hydrogen) atoms. The maximum Gasteiger partial charge on any atom is 0.224 e. The number of fused-ring (bicyclic) bond motifs is 1. The van der Waals surface area contributed by atoms with Crippen molar-refractivity contribution >= 4 is 11.4 Å². The third kappa shape index (κ3) is 1.59. The maximum atomic E-state index is 12.9. The van der Waals surface area contributed by atoms with Crippen molar-refractivity contribution in [1.82, 2.24) is 20.0 Å². The SMILES string of the molecule is Cc1cccn2c(C(C)(C)NC(=O)C3C4CCC45NCC35)ncc12. The number of aryl methyl sites for hydroxylation is 1. The number of piperidine rings is 1. The van der Waals surface area contributed by atoms with Gasteiger partial charge >= 0.3 is 0 Å². The summed E-state index contributed by atoms with van der Waals surface area (Å²) in [6.45, 7) is 7.18. The molecule has 4 atom stereocenters. The summed E-state index contributed by atoms with van der Waals surface area (Å²) in [4.78, 5) is 17.6. The molecular weight excluding hydrogens is 300 g/mol. The first-order valence-electron chi connectivity index (χ1n) is 8.94. The van der Waals surface area contributed by atoms with E-state index in [1.54, 1.807) is 0 Å². The fourth-order valence-electron chi connectivity index (χ4n) is 5.33. The zero-order chi connectivity index (χ0) is 16.7. The number of nitrogens with one attached hydrogen (secondary N) is 2. The number of rotatable bonds is 3. The molecule has 3 heterocycles. The number of carbonyl (C=O) groups excluding carboxylic acids is 1. The number of hydrogen-bond acceptors (Lipinski definition) is 3. The van der Waals surface area contributed by atoms with E-state index in [-0.39, 0.29) is 11.8 Å². The van der Waals surface area contributed by atoms with E-state index in [0.717, 1.165) is 17.9 Å². The second kappa shape index (κ2) is 4.39. The molecule has 1 amide bonds. The predicted octanol–water partition coefficient (Wildman–Crippen LogP) is 1.99. The van der Waals surface area contributed by atoms with Gasteiger partial charge in [-0.3, -0.25) is 4.79 Å². The minimum Gasteiger partial charge on any atom is -0.344 e. The van der Waals surface area contributed by atoms with Crippen molar-refractivity contribution in [2.24, 2.45) is 17.8 Å². The Hall–Kier alpha value is -1.88. The molecule has 3 aliphatic rings. The highest BCUT2D eigenvalue weighted by molar-refractivity contribution is 5.83. The fourth-order valence-corrected chi connectivity index (χ4v) is 5.33. The van der Waals surface area contributed by atoms with Crippen LogP contribution in [-0.4, -0.2) is 27.4 Å². The molecule has 4 unspecified atom stereocenters. The summed E-state index contributed by atoms with van der Waals surface area (Å²) < 4.78 is 2.09. The van der Waals surface area contributed by atoms with Gasteiger partial charge in [0, 0.05) is 30.1 Å². The molecule has 2 aromatic rings. The smallest absolute Gasteiger partial charge is 0.224 e. The Kier molecular flexibility index (Phi) is 2.65. The second-order valence-electron chi connectivity index (χ2n) is 8.34.